The molecule has 0 aliphatic carbocycles. The summed E-state index contributed by atoms with van der Waals surface area (Å²) in [5.41, 5.74) is -0.00347. The lowest BCUT2D eigenvalue weighted by molar-refractivity contribution is -0.147. The molecular formula is C16H20O11. The van der Waals surface area contributed by atoms with E-state index in [1.807, 2.05) is 6.92 Å². The number of hydrogen-bond acceptors (Lipinski definition) is 11. The van der Waals surface area contributed by atoms with Crippen molar-refractivity contribution in [1.29, 1.82) is 0 Å². The van der Waals surface area contributed by atoms with E-state index < -0.39 is 59.5 Å². The van der Waals surface area contributed by atoms with Crippen LogP contribution in [-0.2, 0) is 14.3 Å². The maximum atomic E-state index is 11.3. The molecule has 11 heteroatoms. The maximum Gasteiger partial charge on any atom is 0.377 e. The molecular weight excluding hydrogens is 368 g/mol. The number of esters is 2. The van der Waals surface area contributed by atoms with Gasteiger partial charge in [0.05, 0.1) is 18.8 Å². The summed E-state index contributed by atoms with van der Waals surface area (Å²) in [6.07, 6.45) is -2.09. The number of phenols is 3. The Balaban J connectivity index is 0.000000277. The number of ether oxygens (including phenoxy) is 2. The molecule has 0 amide bonds. The van der Waals surface area contributed by atoms with Gasteiger partial charge in [-0.25, -0.2) is 9.59 Å². The molecule has 0 fully saturated rings. The average Bonchev–Trinajstić information content (AvgIpc) is 2.91. The van der Waals surface area contributed by atoms with Crippen molar-refractivity contribution in [1.82, 2.24) is 0 Å². The highest BCUT2D eigenvalue weighted by Crippen LogP contribution is 2.35. The average molecular weight is 388 g/mol. The quantitative estimate of drug-likeness (QED) is 0.264. The Hall–Kier alpha value is -3.18. The van der Waals surface area contributed by atoms with Crippen LogP contribution in [0.1, 0.15) is 23.7 Å². The Morgan fingerprint density at radius 2 is 1.74 bits per heavy atom. The predicted molar refractivity (Wildman–Crippen MR) is 87.3 cm³/mol. The van der Waals surface area contributed by atoms with Crippen LogP contribution in [0.2, 0.25) is 0 Å². The van der Waals surface area contributed by atoms with E-state index in [0.29, 0.717) is 6.42 Å². The third-order valence-corrected chi connectivity index (χ3v) is 3.22. The van der Waals surface area contributed by atoms with Crippen LogP contribution >= 0.6 is 0 Å². The summed E-state index contributed by atoms with van der Waals surface area (Å²) in [5.74, 6) is -5.19. The van der Waals surface area contributed by atoms with Gasteiger partial charge in [-0.1, -0.05) is 6.92 Å². The number of aliphatic hydroxyl groups is 4. The molecule has 0 radical (unpaired) electrons. The first kappa shape index (κ1) is 21.9. The van der Waals surface area contributed by atoms with Gasteiger partial charge in [-0.3, -0.25) is 0 Å². The number of phenolic OH excluding ortho intramolecular Hbond substituents is 3. The zero-order valence-electron chi connectivity index (χ0n) is 14.2. The lowest BCUT2D eigenvalue weighted by atomic mass is 10.2. The molecule has 1 aliphatic rings. The van der Waals surface area contributed by atoms with Gasteiger partial charge in [-0.2, -0.15) is 0 Å². The highest BCUT2D eigenvalue weighted by molar-refractivity contribution is 5.91. The lowest BCUT2D eigenvalue weighted by Gasteiger charge is -2.13. The molecule has 0 bridgehead atoms. The molecule has 1 aromatic rings. The summed E-state index contributed by atoms with van der Waals surface area (Å²) < 4.78 is 9.10. The minimum Gasteiger partial charge on any atom is -0.505 e. The van der Waals surface area contributed by atoms with Crippen molar-refractivity contribution in [3.8, 4) is 17.2 Å². The van der Waals surface area contributed by atoms with Gasteiger partial charge in [0.2, 0.25) is 5.76 Å². The van der Waals surface area contributed by atoms with Crippen molar-refractivity contribution < 1.29 is 54.8 Å². The van der Waals surface area contributed by atoms with Gasteiger partial charge < -0.3 is 45.2 Å². The van der Waals surface area contributed by atoms with Gasteiger partial charge in [0.15, 0.2) is 29.1 Å². The monoisotopic (exact) mass is 388 g/mol. The highest BCUT2D eigenvalue weighted by atomic mass is 16.6. The second-order valence-corrected chi connectivity index (χ2v) is 5.31. The molecule has 0 saturated heterocycles. The van der Waals surface area contributed by atoms with Crippen molar-refractivity contribution >= 4 is 11.9 Å². The van der Waals surface area contributed by atoms with Crippen LogP contribution in [0.3, 0.4) is 0 Å². The minimum absolute atomic E-state index is 0.00347. The van der Waals surface area contributed by atoms with E-state index in [-0.39, 0.29) is 12.2 Å². The van der Waals surface area contributed by atoms with Crippen LogP contribution in [-0.4, -0.2) is 73.1 Å². The first-order chi connectivity index (χ1) is 12.6. The zero-order valence-corrected chi connectivity index (χ0v) is 14.2. The van der Waals surface area contributed by atoms with Crippen molar-refractivity contribution in [3.05, 3.63) is 29.2 Å². The number of rotatable bonds is 5. The smallest absolute Gasteiger partial charge is 0.377 e. The van der Waals surface area contributed by atoms with Gasteiger partial charge >= 0.3 is 11.9 Å². The molecule has 1 heterocycles. The minimum atomic E-state index is -1.42. The Morgan fingerprint density at radius 1 is 1.19 bits per heavy atom. The summed E-state index contributed by atoms with van der Waals surface area (Å²) in [5, 5.41) is 62.4. The number of aromatic hydroxyl groups is 3. The van der Waals surface area contributed by atoms with Gasteiger partial charge in [-0.15, -0.1) is 0 Å². The molecule has 1 aliphatic heterocycles. The van der Waals surface area contributed by atoms with Crippen LogP contribution < -0.4 is 0 Å². The second-order valence-electron chi connectivity index (χ2n) is 5.31. The standard InChI is InChI=1S/C10H12O5.C6H8O6/c1-2-3-15-10(14)6-4-7(11)9(13)8(12)5-6;7-1-2(8)5-3(9)4(10)6(11)12-5/h4-5,11-13H,2-3H2,1H3;2,5,7-10H,1H2/t;2-,5+/m.0/s1. The van der Waals surface area contributed by atoms with E-state index >= 15 is 0 Å². The van der Waals surface area contributed by atoms with E-state index in [1.165, 1.54) is 0 Å². The van der Waals surface area contributed by atoms with E-state index in [1.54, 1.807) is 0 Å². The molecule has 27 heavy (non-hydrogen) atoms. The Labute approximate surface area is 153 Å². The fraction of sp³-hybridized carbons (Fsp3) is 0.375. The van der Waals surface area contributed by atoms with Crippen LogP contribution in [0.15, 0.2) is 23.7 Å². The number of hydrogen-bond donors (Lipinski definition) is 7. The summed E-state index contributed by atoms with van der Waals surface area (Å²) >= 11 is 0. The first-order valence-corrected chi connectivity index (χ1v) is 7.68. The van der Waals surface area contributed by atoms with Gasteiger partial charge in [-0.05, 0) is 18.6 Å². The molecule has 2 rings (SSSR count). The molecule has 11 nitrogen and oxygen atoms in total. The van der Waals surface area contributed by atoms with Crippen molar-refractivity contribution in [2.45, 2.75) is 25.6 Å². The number of carbonyl (C=O) groups excluding carboxylic acids is 2. The zero-order chi connectivity index (χ0) is 20.7. The third-order valence-electron chi connectivity index (χ3n) is 3.22. The number of cyclic esters (lactones) is 1. The van der Waals surface area contributed by atoms with Crippen molar-refractivity contribution in [2.24, 2.45) is 0 Å². The van der Waals surface area contributed by atoms with Gasteiger partial charge in [0.25, 0.3) is 0 Å². The van der Waals surface area contributed by atoms with Gasteiger partial charge in [0, 0.05) is 0 Å². The predicted octanol–water partition coefficient (Wildman–Crippen LogP) is -0.0372. The van der Waals surface area contributed by atoms with E-state index in [4.69, 9.17) is 40.5 Å². The topological polar surface area (TPSA) is 194 Å². The van der Waals surface area contributed by atoms with Gasteiger partial charge in [0.1, 0.15) is 6.10 Å². The summed E-state index contributed by atoms with van der Waals surface area (Å²) in [6, 6.07) is 2.07. The Bertz CT molecular complexity index is 702. The summed E-state index contributed by atoms with van der Waals surface area (Å²) in [6.45, 7) is 1.44. The number of aliphatic hydroxyl groups excluding tert-OH is 4. The number of carbonyl (C=O) groups is 2. The Kier molecular flexibility index (Phi) is 7.69. The molecule has 0 unspecified atom stereocenters. The fourth-order valence-corrected chi connectivity index (χ4v) is 1.82. The van der Waals surface area contributed by atoms with E-state index in [2.05, 4.69) is 4.74 Å². The van der Waals surface area contributed by atoms with Crippen molar-refractivity contribution in [3.63, 3.8) is 0 Å². The van der Waals surface area contributed by atoms with Crippen LogP contribution in [0.5, 0.6) is 17.2 Å². The van der Waals surface area contributed by atoms with Crippen LogP contribution in [0.4, 0.5) is 0 Å². The molecule has 2 atom stereocenters. The molecule has 150 valence electrons. The molecule has 0 saturated carbocycles. The molecule has 0 spiro atoms. The summed E-state index contributed by atoms with van der Waals surface area (Å²) in [7, 11) is 0. The second kappa shape index (κ2) is 9.50. The lowest BCUT2D eigenvalue weighted by Crippen LogP contribution is -2.31. The number of benzene rings is 1. The largest absolute Gasteiger partial charge is 0.505 e. The van der Waals surface area contributed by atoms with E-state index in [0.717, 1.165) is 12.1 Å². The van der Waals surface area contributed by atoms with Crippen LogP contribution in [0.25, 0.3) is 0 Å². The highest BCUT2D eigenvalue weighted by Gasteiger charge is 2.38. The van der Waals surface area contributed by atoms with Crippen molar-refractivity contribution in [2.75, 3.05) is 13.2 Å². The molecule has 1 aromatic carbocycles. The first-order valence-electron chi connectivity index (χ1n) is 7.68. The summed E-state index contributed by atoms with van der Waals surface area (Å²) in [4.78, 5) is 21.8. The third kappa shape index (κ3) is 5.39. The fourth-order valence-electron chi connectivity index (χ4n) is 1.82. The SMILES string of the molecule is CCCOC(=O)c1cc(O)c(O)c(O)c1.O=C1O[C@H]([C@@H](O)CO)C(O)=C1O. The molecule has 0 aromatic heterocycles. The Morgan fingerprint density at radius 3 is 2.15 bits per heavy atom. The van der Waals surface area contributed by atoms with Crippen LogP contribution in [0, 0.1) is 0 Å². The molecule has 7 N–H and O–H groups in total. The van der Waals surface area contributed by atoms with E-state index in [9.17, 15) is 9.59 Å². The normalized spacial score (nSPS) is 17.0. The maximum absolute atomic E-state index is 11.3.